The van der Waals surface area contributed by atoms with E-state index in [4.69, 9.17) is 19.5 Å². The van der Waals surface area contributed by atoms with Gasteiger partial charge in [0.05, 0.1) is 19.8 Å². The van der Waals surface area contributed by atoms with E-state index in [9.17, 15) is 10.1 Å². The minimum absolute atomic E-state index is 0.114. The Kier molecular flexibility index (Phi) is 4.75. The molecule has 0 aliphatic rings. The summed E-state index contributed by atoms with van der Waals surface area (Å²) in [5.74, 6) is 1.03. The molecular weight excluding hydrogens is 240 g/mol. The summed E-state index contributed by atoms with van der Waals surface area (Å²) < 4.78 is 15.3. The van der Waals surface area contributed by atoms with Gasteiger partial charge >= 0.3 is 0 Å². The lowest BCUT2D eigenvalue weighted by Crippen LogP contribution is -2.11. The summed E-state index contributed by atoms with van der Waals surface area (Å²) in [6, 6.07) is 4.86. The van der Waals surface area contributed by atoms with Gasteiger partial charge in [0.15, 0.2) is 18.1 Å². The molecule has 0 saturated heterocycles. The maximum Gasteiger partial charge on any atom is 0.237 e. The van der Waals surface area contributed by atoms with Crippen LogP contribution in [0.5, 0.6) is 17.2 Å². The van der Waals surface area contributed by atoms with E-state index < -0.39 is 4.92 Å². The first-order valence-corrected chi connectivity index (χ1v) is 5.03. The standard InChI is InChI=1S/C11H12N2O5/c1-16-10-5-8(7-12)9(6-11(10)17-2)18-4-3-13(14)15/h5-6H,3-4H2,1-2H3. The Morgan fingerprint density at radius 2 is 1.89 bits per heavy atom. The maximum absolute atomic E-state index is 10.2. The molecule has 0 aromatic heterocycles. The summed E-state index contributed by atoms with van der Waals surface area (Å²) in [7, 11) is 2.90. The zero-order chi connectivity index (χ0) is 13.5. The Bertz CT molecular complexity index is 481. The second-order valence-electron chi connectivity index (χ2n) is 3.22. The minimum Gasteiger partial charge on any atom is -0.493 e. The molecule has 0 unspecified atom stereocenters. The molecular formula is C11H12N2O5. The first kappa shape index (κ1) is 13.6. The summed E-state index contributed by atoms with van der Waals surface area (Å²) in [5, 5.41) is 19.1. The van der Waals surface area contributed by atoms with Gasteiger partial charge in [-0.15, -0.1) is 0 Å². The van der Waals surface area contributed by atoms with Crippen molar-refractivity contribution in [3.63, 3.8) is 0 Å². The van der Waals surface area contributed by atoms with E-state index in [1.165, 1.54) is 26.4 Å². The SMILES string of the molecule is COc1cc(C#N)c(OCC[N+](=O)[O-])cc1OC. The van der Waals surface area contributed by atoms with Gasteiger partial charge in [-0.1, -0.05) is 0 Å². The zero-order valence-electron chi connectivity index (χ0n) is 10.0. The zero-order valence-corrected chi connectivity index (χ0v) is 10.0. The Hall–Kier alpha value is -2.49. The first-order chi connectivity index (χ1) is 8.62. The molecule has 7 heteroatoms. The molecule has 0 fully saturated rings. The Balaban J connectivity index is 2.95. The molecule has 0 radical (unpaired) electrons. The van der Waals surface area contributed by atoms with Crippen molar-refractivity contribution in [1.82, 2.24) is 0 Å². The lowest BCUT2D eigenvalue weighted by molar-refractivity contribution is -0.481. The summed E-state index contributed by atoms with van der Waals surface area (Å²) in [6.45, 7) is -0.448. The average molecular weight is 252 g/mol. The van der Waals surface area contributed by atoms with Gasteiger partial charge in [0.25, 0.3) is 0 Å². The number of hydrogen-bond acceptors (Lipinski definition) is 6. The van der Waals surface area contributed by atoms with E-state index in [0.717, 1.165) is 0 Å². The highest BCUT2D eigenvalue weighted by molar-refractivity contribution is 5.55. The van der Waals surface area contributed by atoms with Gasteiger partial charge in [-0.25, -0.2) is 0 Å². The number of rotatable bonds is 6. The third kappa shape index (κ3) is 3.25. The third-order valence-electron chi connectivity index (χ3n) is 2.14. The van der Waals surface area contributed by atoms with Gasteiger partial charge in [0, 0.05) is 17.1 Å². The number of benzene rings is 1. The van der Waals surface area contributed by atoms with Crippen molar-refractivity contribution < 1.29 is 19.1 Å². The summed E-state index contributed by atoms with van der Waals surface area (Å²) in [4.78, 5) is 9.69. The Labute approximate surface area is 104 Å². The van der Waals surface area contributed by atoms with Crippen molar-refractivity contribution in [2.45, 2.75) is 0 Å². The van der Waals surface area contributed by atoms with E-state index in [0.29, 0.717) is 11.5 Å². The number of nitriles is 1. The monoisotopic (exact) mass is 252 g/mol. The molecule has 0 bridgehead atoms. The third-order valence-corrected chi connectivity index (χ3v) is 2.14. The van der Waals surface area contributed by atoms with Crippen LogP contribution >= 0.6 is 0 Å². The maximum atomic E-state index is 10.2. The molecule has 18 heavy (non-hydrogen) atoms. The van der Waals surface area contributed by atoms with Crippen LogP contribution in [0.25, 0.3) is 0 Å². The highest BCUT2D eigenvalue weighted by atomic mass is 16.6. The number of ether oxygens (including phenoxy) is 3. The molecule has 1 aromatic rings. The predicted molar refractivity (Wildman–Crippen MR) is 61.6 cm³/mol. The van der Waals surface area contributed by atoms with E-state index in [1.54, 1.807) is 0 Å². The fourth-order valence-corrected chi connectivity index (χ4v) is 1.30. The van der Waals surface area contributed by atoms with Gasteiger partial charge in [0.2, 0.25) is 6.54 Å². The highest BCUT2D eigenvalue weighted by Gasteiger charge is 2.12. The van der Waals surface area contributed by atoms with Crippen LogP contribution < -0.4 is 14.2 Å². The minimum atomic E-state index is -0.493. The van der Waals surface area contributed by atoms with Crippen LogP contribution in [-0.2, 0) is 0 Å². The highest BCUT2D eigenvalue weighted by Crippen LogP contribution is 2.34. The normalized spacial score (nSPS) is 9.39. The van der Waals surface area contributed by atoms with Gasteiger partial charge in [-0.05, 0) is 0 Å². The molecule has 1 rings (SSSR count). The van der Waals surface area contributed by atoms with Crippen molar-refractivity contribution in [3.8, 4) is 23.3 Å². The summed E-state index contributed by atoms with van der Waals surface area (Å²) in [5.41, 5.74) is 0.232. The molecule has 0 heterocycles. The van der Waals surface area contributed by atoms with E-state index >= 15 is 0 Å². The number of nitrogens with zero attached hydrogens (tertiary/aromatic N) is 2. The van der Waals surface area contributed by atoms with Crippen LogP contribution in [0.15, 0.2) is 12.1 Å². The summed E-state index contributed by atoms with van der Waals surface area (Å²) >= 11 is 0. The van der Waals surface area contributed by atoms with Crippen LogP contribution in [0, 0.1) is 21.4 Å². The Morgan fingerprint density at radius 3 is 2.39 bits per heavy atom. The number of methoxy groups -OCH3 is 2. The molecule has 0 aliphatic heterocycles. The van der Waals surface area contributed by atoms with Gasteiger partial charge < -0.3 is 14.2 Å². The van der Waals surface area contributed by atoms with Crippen molar-refractivity contribution in [2.75, 3.05) is 27.4 Å². The van der Waals surface area contributed by atoms with Crippen molar-refractivity contribution in [1.29, 1.82) is 5.26 Å². The average Bonchev–Trinajstić information content (AvgIpc) is 2.37. The number of nitro groups is 1. The van der Waals surface area contributed by atoms with Crippen LogP contribution in [-0.4, -0.2) is 32.3 Å². The van der Waals surface area contributed by atoms with Crippen LogP contribution in [0.3, 0.4) is 0 Å². The smallest absolute Gasteiger partial charge is 0.237 e. The second-order valence-corrected chi connectivity index (χ2v) is 3.22. The lowest BCUT2D eigenvalue weighted by atomic mass is 10.2. The van der Waals surface area contributed by atoms with E-state index in [-0.39, 0.29) is 24.5 Å². The quantitative estimate of drug-likeness (QED) is 0.558. The van der Waals surface area contributed by atoms with Crippen molar-refractivity contribution in [3.05, 3.63) is 27.8 Å². The van der Waals surface area contributed by atoms with Gasteiger partial charge in [-0.2, -0.15) is 5.26 Å². The van der Waals surface area contributed by atoms with Crippen LogP contribution in [0.2, 0.25) is 0 Å². The summed E-state index contributed by atoms with van der Waals surface area (Å²) in [6.07, 6.45) is 0. The van der Waals surface area contributed by atoms with Gasteiger partial charge in [0.1, 0.15) is 11.8 Å². The van der Waals surface area contributed by atoms with E-state index in [2.05, 4.69) is 0 Å². The fraction of sp³-hybridized carbons (Fsp3) is 0.364. The second kappa shape index (κ2) is 6.30. The first-order valence-electron chi connectivity index (χ1n) is 5.03. The number of hydrogen-bond donors (Lipinski definition) is 0. The Morgan fingerprint density at radius 1 is 1.28 bits per heavy atom. The largest absolute Gasteiger partial charge is 0.493 e. The molecule has 96 valence electrons. The molecule has 1 aromatic carbocycles. The molecule has 0 spiro atoms. The topological polar surface area (TPSA) is 94.6 Å². The molecule has 0 atom stereocenters. The molecule has 0 aliphatic carbocycles. The molecule has 0 N–H and O–H groups in total. The molecule has 7 nitrogen and oxygen atoms in total. The van der Waals surface area contributed by atoms with Crippen molar-refractivity contribution in [2.24, 2.45) is 0 Å². The van der Waals surface area contributed by atoms with Gasteiger partial charge in [-0.3, -0.25) is 10.1 Å². The molecule has 0 amide bonds. The van der Waals surface area contributed by atoms with Crippen LogP contribution in [0.1, 0.15) is 5.56 Å². The van der Waals surface area contributed by atoms with Crippen LogP contribution in [0.4, 0.5) is 0 Å². The molecule has 0 saturated carbocycles. The predicted octanol–water partition coefficient (Wildman–Crippen LogP) is 1.23. The van der Waals surface area contributed by atoms with Crippen molar-refractivity contribution >= 4 is 0 Å². The lowest BCUT2D eigenvalue weighted by Gasteiger charge is -2.11. The van der Waals surface area contributed by atoms with E-state index in [1.807, 2.05) is 6.07 Å². The fourth-order valence-electron chi connectivity index (χ4n) is 1.30.